The van der Waals surface area contributed by atoms with Crippen LogP contribution in [-0.4, -0.2) is 71.7 Å². The maximum atomic E-state index is 14.1. The van der Waals surface area contributed by atoms with Crippen molar-refractivity contribution >= 4 is 41.3 Å². The molecule has 0 unspecified atom stereocenters. The molecule has 1 heterocycles. The molecule has 5 rings (SSSR count). The van der Waals surface area contributed by atoms with Gasteiger partial charge in [0, 0.05) is 35.4 Å². The molecule has 0 saturated heterocycles. The van der Waals surface area contributed by atoms with E-state index in [1.165, 1.54) is 42.4 Å². The Bertz CT molecular complexity index is 1700. The largest absolute Gasteiger partial charge is 0.493 e. The van der Waals surface area contributed by atoms with Gasteiger partial charge in [0.2, 0.25) is 5.91 Å². The molecule has 9 nitrogen and oxygen atoms in total. The second-order valence-electron chi connectivity index (χ2n) is 10.7. The molecule has 0 bridgehead atoms. The van der Waals surface area contributed by atoms with Crippen LogP contribution in [-0.2, 0) is 17.5 Å². The topological polar surface area (TPSA) is 125 Å². The van der Waals surface area contributed by atoms with Gasteiger partial charge < -0.3 is 29.9 Å². The van der Waals surface area contributed by atoms with E-state index in [2.05, 4.69) is 5.32 Å². The number of methoxy groups -OCH3 is 1. The quantitative estimate of drug-likeness (QED) is 0.278. The van der Waals surface area contributed by atoms with E-state index in [0.717, 1.165) is 24.3 Å². The Hall–Kier alpha value is -4.10. The van der Waals surface area contributed by atoms with E-state index in [4.69, 9.17) is 32.7 Å². The summed E-state index contributed by atoms with van der Waals surface area (Å²) >= 11 is 12.3. The summed E-state index contributed by atoms with van der Waals surface area (Å²) in [7, 11) is 1.36. The molecule has 3 aromatic rings. The summed E-state index contributed by atoms with van der Waals surface area (Å²) in [6, 6.07) is 9.88. The van der Waals surface area contributed by atoms with Crippen LogP contribution in [0.1, 0.15) is 43.3 Å². The molecule has 3 aromatic carbocycles. The summed E-state index contributed by atoms with van der Waals surface area (Å²) in [5.41, 5.74) is 0.0809. The number of hydrogen-bond acceptors (Lipinski definition) is 7. The number of amides is 2. The molecule has 2 aliphatic rings. The van der Waals surface area contributed by atoms with Crippen molar-refractivity contribution in [1.82, 2.24) is 10.2 Å². The average Bonchev–Trinajstić information content (AvgIpc) is 3.43. The first kappa shape index (κ1) is 33.3. The van der Waals surface area contributed by atoms with Gasteiger partial charge in [-0.05, 0) is 60.2 Å². The second kappa shape index (κ2) is 13.3. The van der Waals surface area contributed by atoms with Gasteiger partial charge in [0.25, 0.3) is 5.91 Å². The van der Waals surface area contributed by atoms with Crippen molar-refractivity contribution in [2.75, 3.05) is 20.3 Å². The van der Waals surface area contributed by atoms with Crippen LogP contribution < -0.4 is 14.8 Å². The molecule has 0 radical (unpaired) electrons. The zero-order valence-electron chi connectivity index (χ0n) is 24.1. The summed E-state index contributed by atoms with van der Waals surface area (Å²) in [5.74, 6) is -1.94. The lowest BCUT2D eigenvalue weighted by Crippen LogP contribution is -2.55. The fraction of sp³-hybridized carbons (Fsp3) is 0.281. The number of hydrogen-bond donors (Lipinski definition) is 3. The lowest BCUT2D eigenvalue weighted by atomic mass is 9.77. The molecule has 2 amide bonds. The minimum atomic E-state index is -4.63. The van der Waals surface area contributed by atoms with Crippen molar-refractivity contribution in [3.05, 3.63) is 104 Å². The molecular formula is C32H27Cl2F3N2O7. The van der Waals surface area contributed by atoms with Crippen LogP contribution in [0.5, 0.6) is 11.5 Å². The van der Waals surface area contributed by atoms with Crippen LogP contribution >= 0.6 is 23.2 Å². The Balaban J connectivity index is 1.64. The van der Waals surface area contributed by atoms with Crippen molar-refractivity contribution in [2.45, 2.75) is 36.9 Å². The van der Waals surface area contributed by atoms with Gasteiger partial charge >= 0.3 is 6.18 Å². The highest BCUT2D eigenvalue weighted by molar-refractivity contribution is 6.42. The van der Waals surface area contributed by atoms with Gasteiger partial charge in [0.1, 0.15) is 18.5 Å². The fourth-order valence-corrected chi connectivity index (χ4v) is 5.99. The van der Waals surface area contributed by atoms with Gasteiger partial charge in [0.15, 0.2) is 11.5 Å². The standard InChI is InChI=1S/C32H27Cl2F3N2O7/c1-45-25-12-17(15-41)10-20-26-21(30(43)38-8-9-40)13-24(27(42)29(26)46-28(20)25)39(14-16-2-7-22(33)23(34)11-16)31(44)18-3-5-19(6-4-18)32(35,36)37/h2-7,10-13,15,24,26-27,29,40,42H,8-9,14H2,1H3,(H,38,43)/t24-,26+,27+,29+/m1/s1. The summed E-state index contributed by atoms with van der Waals surface area (Å²) in [6.45, 7) is -0.682. The minimum absolute atomic E-state index is 0.0666. The third kappa shape index (κ3) is 6.43. The van der Waals surface area contributed by atoms with Gasteiger partial charge in [-0.3, -0.25) is 14.4 Å². The highest BCUT2D eigenvalue weighted by Gasteiger charge is 2.51. The smallest absolute Gasteiger partial charge is 0.416 e. The lowest BCUT2D eigenvalue weighted by Gasteiger charge is -2.40. The van der Waals surface area contributed by atoms with E-state index in [9.17, 15) is 37.8 Å². The molecule has 46 heavy (non-hydrogen) atoms. The van der Waals surface area contributed by atoms with Crippen LogP contribution in [0.2, 0.25) is 10.0 Å². The van der Waals surface area contributed by atoms with Crippen LogP contribution in [0.4, 0.5) is 13.2 Å². The molecule has 14 heteroatoms. The number of halogens is 5. The van der Waals surface area contributed by atoms with E-state index in [1.54, 1.807) is 6.07 Å². The van der Waals surface area contributed by atoms with Gasteiger partial charge in [-0.15, -0.1) is 0 Å². The predicted molar refractivity (Wildman–Crippen MR) is 161 cm³/mol. The summed E-state index contributed by atoms with van der Waals surface area (Å²) < 4.78 is 51.4. The number of benzene rings is 3. The van der Waals surface area contributed by atoms with E-state index in [0.29, 0.717) is 17.4 Å². The minimum Gasteiger partial charge on any atom is -0.493 e. The number of carbonyl (C=O) groups excluding carboxylic acids is 3. The van der Waals surface area contributed by atoms with Crippen LogP contribution in [0.25, 0.3) is 0 Å². The van der Waals surface area contributed by atoms with Crippen molar-refractivity contribution < 1.29 is 47.2 Å². The average molecular weight is 679 g/mol. The maximum Gasteiger partial charge on any atom is 0.416 e. The number of nitrogens with zero attached hydrogens (tertiary/aromatic N) is 1. The summed E-state index contributed by atoms with van der Waals surface area (Å²) in [6.07, 6.45) is -5.30. The maximum absolute atomic E-state index is 14.1. The Morgan fingerprint density at radius 2 is 1.80 bits per heavy atom. The third-order valence-electron chi connectivity index (χ3n) is 7.83. The second-order valence-corrected chi connectivity index (χ2v) is 11.5. The Morgan fingerprint density at radius 3 is 2.41 bits per heavy atom. The normalized spacial score (nSPS) is 20.1. The fourth-order valence-electron chi connectivity index (χ4n) is 5.67. The molecule has 3 N–H and O–H groups in total. The first-order valence-corrected chi connectivity index (χ1v) is 14.7. The number of fused-ring (bicyclic) bond motifs is 3. The molecule has 1 aliphatic carbocycles. The number of nitrogens with one attached hydrogen (secondary N) is 1. The molecule has 0 saturated carbocycles. The molecule has 242 valence electrons. The molecule has 1 aliphatic heterocycles. The van der Waals surface area contributed by atoms with Crippen LogP contribution in [0.15, 0.2) is 66.2 Å². The first-order chi connectivity index (χ1) is 21.9. The highest BCUT2D eigenvalue weighted by atomic mass is 35.5. The monoisotopic (exact) mass is 678 g/mol. The van der Waals surface area contributed by atoms with Crippen molar-refractivity contribution in [2.24, 2.45) is 0 Å². The van der Waals surface area contributed by atoms with Gasteiger partial charge in [0.05, 0.1) is 41.3 Å². The van der Waals surface area contributed by atoms with Gasteiger partial charge in [-0.1, -0.05) is 29.3 Å². The number of carbonyl (C=O) groups is 3. The Morgan fingerprint density at radius 1 is 1.09 bits per heavy atom. The number of aliphatic hydroxyl groups is 2. The van der Waals surface area contributed by atoms with E-state index >= 15 is 0 Å². The molecular weight excluding hydrogens is 652 g/mol. The van der Waals surface area contributed by atoms with Crippen LogP contribution in [0, 0.1) is 0 Å². The third-order valence-corrected chi connectivity index (χ3v) is 8.57. The summed E-state index contributed by atoms with van der Waals surface area (Å²) in [4.78, 5) is 40.5. The molecule has 0 aromatic heterocycles. The van der Waals surface area contributed by atoms with E-state index in [1.807, 2.05) is 0 Å². The zero-order valence-corrected chi connectivity index (χ0v) is 25.6. The van der Waals surface area contributed by atoms with Crippen molar-refractivity contribution in [1.29, 1.82) is 0 Å². The van der Waals surface area contributed by atoms with E-state index < -0.39 is 47.7 Å². The number of aldehydes is 1. The van der Waals surface area contributed by atoms with E-state index in [-0.39, 0.29) is 57.9 Å². The highest BCUT2D eigenvalue weighted by Crippen LogP contribution is 2.51. The Kier molecular flexibility index (Phi) is 9.64. The predicted octanol–water partition coefficient (Wildman–Crippen LogP) is 4.80. The molecule has 0 fully saturated rings. The molecule has 0 spiro atoms. The van der Waals surface area contributed by atoms with Crippen LogP contribution in [0.3, 0.4) is 0 Å². The lowest BCUT2D eigenvalue weighted by molar-refractivity contribution is -0.137. The SMILES string of the molecule is COc1cc(C=O)cc2c1O[C@@H]1[C@@H](O)[C@H](N(Cc3ccc(Cl)c(Cl)c3)C(=O)c3ccc(C(F)(F)F)cc3)C=C(C(=O)NCCO)[C@H]21. The number of aliphatic hydroxyl groups excluding tert-OH is 2. The van der Waals surface area contributed by atoms with Crippen molar-refractivity contribution in [3.8, 4) is 11.5 Å². The number of ether oxygens (including phenoxy) is 2. The number of rotatable bonds is 9. The van der Waals surface area contributed by atoms with Crippen molar-refractivity contribution in [3.63, 3.8) is 0 Å². The molecule has 4 atom stereocenters. The zero-order chi connectivity index (χ0) is 33.3. The van der Waals surface area contributed by atoms with Gasteiger partial charge in [-0.2, -0.15) is 13.2 Å². The Labute approximate surface area is 271 Å². The van der Waals surface area contributed by atoms with Gasteiger partial charge in [-0.25, -0.2) is 0 Å². The summed E-state index contributed by atoms with van der Waals surface area (Å²) in [5, 5.41) is 24.2. The first-order valence-electron chi connectivity index (χ1n) is 13.9. The number of alkyl halides is 3.